The Balaban J connectivity index is 1.93. The van der Waals surface area contributed by atoms with E-state index in [2.05, 4.69) is 5.32 Å². The third-order valence-corrected chi connectivity index (χ3v) is 3.40. The van der Waals surface area contributed by atoms with E-state index in [1.54, 1.807) is 0 Å². The third kappa shape index (κ3) is 6.25. The fourth-order valence-corrected chi connectivity index (χ4v) is 2.03. The first-order valence-electron chi connectivity index (χ1n) is 7.77. The Morgan fingerprint density at radius 2 is 1.78 bits per heavy atom. The Kier molecular flexibility index (Phi) is 6.33. The topological polar surface area (TPSA) is 55.4 Å². The molecule has 0 saturated heterocycles. The lowest BCUT2D eigenvalue weighted by Crippen LogP contribution is -2.29. The molecule has 1 amide bonds. The standard InChI is InChI=1S/C19H15F4NO3/c1-12(18(26)24-16-8-6-15(20)7-9-16)27-17(25)10-5-13-3-2-4-14(11-13)19(21,22)23/h2-12H,1H3,(H,24,26)/b10-5+/t12-/m0/s1. The van der Waals surface area contributed by atoms with E-state index in [1.807, 2.05) is 0 Å². The maximum atomic E-state index is 12.8. The number of carbonyl (C=O) groups is 2. The molecule has 1 N–H and O–H groups in total. The average Bonchev–Trinajstić information content (AvgIpc) is 2.61. The monoisotopic (exact) mass is 381 g/mol. The number of nitrogens with one attached hydrogen (secondary N) is 1. The number of halogens is 4. The van der Waals surface area contributed by atoms with Gasteiger partial charge in [-0.15, -0.1) is 0 Å². The first-order chi connectivity index (χ1) is 12.6. The van der Waals surface area contributed by atoms with Crippen LogP contribution in [0.1, 0.15) is 18.1 Å². The van der Waals surface area contributed by atoms with Gasteiger partial charge in [0.25, 0.3) is 5.91 Å². The van der Waals surface area contributed by atoms with Gasteiger partial charge in [-0.1, -0.05) is 12.1 Å². The van der Waals surface area contributed by atoms with E-state index in [1.165, 1.54) is 31.2 Å². The lowest BCUT2D eigenvalue weighted by molar-refractivity contribution is -0.148. The van der Waals surface area contributed by atoms with Crippen LogP contribution in [0.2, 0.25) is 0 Å². The smallest absolute Gasteiger partial charge is 0.416 e. The summed E-state index contributed by atoms with van der Waals surface area (Å²) in [7, 11) is 0. The summed E-state index contributed by atoms with van der Waals surface area (Å²) in [4.78, 5) is 23.7. The highest BCUT2D eigenvalue weighted by Crippen LogP contribution is 2.29. The van der Waals surface area contributed by atoms with Gasteiger partial charge in [0.15, 0.2) is 6.10 Å². The third-order valence-electron chi connectivity index (χ3n) is 3.40. The van der Waals surface area contributed by atoms with Crippen LogP contribution in [0.15, 0.2) is 54.6 Å². The summed E-state index contributed by atoms with van der Waals surface area (Å²) in [6, 6.07) is 9.40. The van der Waals surface area contributed by atoms with Crippen molar-refractivity contribution in [3.63, 3.8) is 0 Å². The Morgan fingerprint density at radius 1 is 1.11 bits per heavy atom. The van der Waals surface area contributed by atoms with Crippen LogP contribution >= 0.6 is 0 Å². The molecular formula is C19H15F4NO3. The van der Waals surface area contributed by atoms with E-state index in [0.29, 0.717) is 5.69 Å². The molecule has 0 aromatic heterocycles. The molecule has 0 aliphatic carbocycles. The van der Waals surface area contributed by atoms with Crippen LogP contribution < -0.4 is 5.32 Å². The minimum absolute atomic E-state index is 0.158. The number of esters is 1. The Bertz CT molecular complexity index is 845. The highest BCUT2D eigenvalue weighted by Gasteiger charge is 2.30. The average molecular weight is 381 g/mol. The van der Waals surface area contributed by atoms with Crippen molar-refractivity contribution in [2.24, 2.45) is 0 Å². The Morgan fingerprint density at radius 3 is 2.41 bits per heavy atom. The predicted octanol–water partition coefficient (Wildman–Crippen LogP) is 4.43. The molecule has 0 spiro atoms. The molecule has 27 heavy (non-hydrogen) atoms. The van der Waals surface area contributed by atoms with Crippen molar-refractivity contribution in [1.82, 2.24) is 0 Å². The molecule has 0 aliphatic heterocycles. The van der Waals surface area contributed by atoms with E-state index in [-0.39, 0.29) is 5.56 Å². The largest absolute Gasteiger partial charge is 0.449 e. The van der Waals surface area contributed by atoms with Crippen LogP contribution in [-0.4, -0.2) is 18.0 Å². The van der Waals surface area contributed by atoms with Gasteiger partial charge in [0.2, 0.25) is 0 Å². The fraction of sp³-hybridized carbons (Fsp3) is 0.158. The summed E-state index contributed by atoms with van der Waals surface area (Å²) in [5, 5.41) is 2.44. The Hall–Kier alpha value is -3.16. The van der Waals surface area contributed by atoms with Gasteiger partial charge in [-0.05, 0) is 55.0 Å². The normalized spacial score (nSPS) is 12.6. The van der Waals surface area contributed by atoms with Crippen molar-refractivity contribution in [1.29, 1.82) is 0 Å². The maximum absolute atomic E-state index is 12.8. The molecular weight excluding hydrogens is 366 g/mol. The number of ether oxygens (including phenoxy) is 1. The molecule has 2 rings (SSSR count). The zero-order chi connectivity index (χ0) is 20.0. The van der Waals surface area contributed by atoms with Gasteiger partial charge in [-0.25, -0.2) is 9.18 Å². The number of benzene rings is 2. The van der Waals surface area contributed by atoms with Gasteiger partial charge in [0.1, 0.15) is 5.82 Å². The molecule has 2 aromatic carbocycles. The SMILES string of the molecule is C[C@H](OC(=O)/C=C/c1cccc(C(F)(F)F)c1)C(=O)Nc1ccc(F)cc1. The highest BCUT2D eigenvalue weighted by atomic mass is 19.4. The van der Waals surface area contributed by atoms with Crippen molar-refractivity contribution in [2.45, 2.75) is 19.2 Å². The number of amides is 1. The van der Waals surface area contributed by atoms with Crippen molar-refractivity contribution in [3.8, 4) is 0 Å². The molecule has 2 aromatic rings. The first kappa shape index (κ1) is 20.2. The van der Waals surface area contributed by atoms with Crippen molar-refractivity contribution in [3.05, 3.63) is 71.6 Å². The number of carbonyl (C=O) groups excluding carboxylic acids is 2. The lowest BCUT2D eigenvalue weighted by atomic mass is 10.1. The minimum atomic E-state index is -4.49. The second kappa shape index (κ2) is 8.48. The van der Waals surface area contributed by atoms with E-state index >= 15 is 0 Å². The summed E-state index contributed by atoms with van der Waals surface area (Å²) in [6.07, 6.45) is -3.56. The molecule has 0 radical (unpaired) electrons. The van der Waals surface area contributed by atoms with Crippen molar-refractivity contribution < 1.29 is 31.9 Å². The van der Waals surface area contributed by atoms with E-state index < -0.39 is 35.5 Å². The molecule has 1 atom stereocenters. The second-order valence-corrected chi connectivity index (χ2v) is 5.53. The summed E-state index contributed by atoms with van der Waals surface area (Å²) in [6.45, 7) is 1.33. The van der Waals surface area contributed by atoms with Gasteiger partial charge in [-0.3, -0.25) is 4.79 Å². The summed E-state index contributed by atoms with van der Waals surface area (Å²) < 4.78 is 55.7. The number of alkyl halides is 3. The van der Waals surface area contributed by atoms with Crippen LogP contribution in [0.3, 0.4) is 0 Å². The van der Waals surface area contributed by atoms with E-state index in [4.69, 9.17) is 4.74 Å². The molecule has 0 bridgehead atoms. The fourth-order valence-electron chi connectivity index (χ4n) is 2.03. The first-order valence-corrected chi connectivity index (χ1v) is 7.77. The molecule has 0 heterocycles. The number of hydrogen-bond donors (Lipinski definition) is 1. The molecule has 0 unspecified atom stereocenters. The number of anilines is 1. The van der Waals surface area contributed by atoms with Crippen LogP contribution in [0.5, 0.6) is 0 Å². The van der Waals surface area contributed by atoms with Crippen LogP contribution in [0.4, 0.5) is 23.2 Å². The molecule has 8 heteroatoms. The van der Waals surface area contributed by atoms with Crippen molar-refractivity contribution in [2.75, 3.05) is 5.32 Å². The highest BCUT2D eigenvalue weighted by molar-refractivity contribution is 5.96. The molecule has 0 fully saturated rings. The summed E-state index contributed by atoms with van der Waals surface area (Å²) in [5.41, 5.74) is -0.362. The molecule has 0 saturated carbocycles. The number of rotatable bonds is 5. The maximum Gasteiger partial charge on any atom is 0.416 e. The van der Waals surface area contributed by atoms with Gasteiger partial charge in [0, 0.05) is 11.8 Å². The second-order valence-electron chi connectivity index (χ2n) is 5.53. The predicted molar refractivity (Wildman–Crippen MR) is 91.1 cm³/mol. The van der Waals surface area contributed by atoms with Gasteiger partial charge >= 0.3 is 12.1 Å². The lowest BCUT2D eigenvalue weighted by Gasteiger charge is -2.12. The van der Waals surface area contributed by atoms with Crippen molar-refractivity contribution >= 4 is 23.6 Å². The Labute approximate surface area is 152 Å². The number of hydrogen-bond acceptors (Lipinski definition) is 3. The molecule has 4 nitrogen and oxygen atoms in total. The van der Waals surface area contributed by atoms with E-state index in [9.17, 15) is 27.2 Å². The van der Waals surface area contributed by atoms with Crippen LogP contribution in [-0.2, 0) is 20.5 Å². The summed E-state index contributed by atoms with van der Waals surface area (Å²) >= 11 is 0. The quantitative estimate of drug-likeness (QED) is 0.474. The molecule has 0 aliphatic rings. The van der Waals surface area contributed by atoms with Crippen LogP contribution in [0.25, 0.3) is 6.08 Å². The van der Waals surface area contributed by atoms with Gasteiger partial charge < -0.3 is 10.1 Å². The van der Waals surface area contributed by atoms with E-state index in [0.717, 1.165) is 36.4 Å². The van der Waals surface area contributed by atoms with Gasteiger partial charge in [0.05, 0.1) is 5.56 Å². The molecule has 142 valence electrons. The zero-order valence-corrected chi connectivity index (χ0v) is 14.1. The van der Waals surface area contributed by atoms with Crippen LogP contribution in [0, 0.1) is 5.82 Å². The van der Waals surface area contributed by atoms with Gasteiger partial charge in [-0.2, -0.15) is 13.2 Å². The zero-order valence-electron chi connectivity index (χ0n) is 14.1. The summed E-state index contributed by atoms with van der Waals surface area (Å²) in [5.74, 6) is -2.00. The minimum Gasteiger partial charge on any atom is -0.449 e.